The van der Waals surface area contributed by atoms with Crippen LogP contribution in [0.15, 0.2) is 35.3 Å². The topological polar surface area (TPSA) is 109 Å². The highest BCUT2D eigenvalue weighted by Crippen LogP contribution is 2.28. The maximum absolute atomic E-state index is 12.7. The molecular formula is C22H30ClN7O2. The third-order valence-electron chi connectivity index (χ3n) is 6.57. The maximum atomic E-state index is 12.7. The van der Waals surface area contributed by atoms with Crippen molar-refractivity contribution in [3.05, 3.63) is 52.1 Å². The highest BCUT2D eigenvalue weighted by atomic mass is 35.5. The Balaban J connectivity index is 0.00000245. The lowest BCUT2D eigenvalue weighted by Gasteiger charge is -2.44. The van der Waals surface area contributed by atoms with Crippen LogP contribution in [0, 0.1) is 0 Å². The molecule has 4 N–H and O–H groups in total. The molecule has 0 saturated carbocycles. The minimum atomic E-state index is -0.404. The van der Waals surface area contributed by atoms with Crippen LogP contribution in [0.2, 0.25) is 0 Å². The van der Waals surface area contributed by atoms with Gasteiger partial charge in [0.15, 0.2) is 0 Å². The van der Waals surface area contributed by atoms with Crippen molar-refractivity contribution in [2.75, 3.05) is 44.6 Å². The SMILES string of the molecule is Cl.NC1CN(C2CCc3ccc(-n4ccc(NC(=O)N5CCNCC5)nc4=O)cc3C2)C1. The number of anilines is 1. The second-order valence-electron chi connectivity index (χ2n) is 8.70. The van der Waals surface area contributed by atoms with Crippen LogP contribution in [-0.4, -0.2) is 76.7 Å². The van der Waals surface area contributed by atoms with Crippen LogP contribution in [0.4, 0.5) is 10.6 Å². The molecule has 3 heterocycles. The van der Waals surface area contributed by atoms with Gasteiger partial charge in [-0.3, -0.25) is 14.8 Å². The van der Waals surface area contributed by atoms with Crippen molar-refractivity contribution < 1.29 is 4.79 Å². The van der Waals surface area contributed by atoms with Gasteiger partial charge in [-0.25, -0.2) is 9.59 Å². The van der Waals surface area contributed by atoms with Gasteiger partial charge in [0.2, 0.25) is 0 Å². The highest BCUT2D eigenvalue weighted by Gasteiger charge is 2.32. The number of aromatic nitrogens is 2. The zero-order valence-corrected chi connectivity index (χ0v) is 18.8. The van der Waals surface area contributed by atoms with Crippen molar-refractivity contribution in [3.8, 4) is 5.69 Å². The van der Waals surface area contributed by atoms with Gasteiger partial charge in [-0.15, -0.1) is 12.4 Å². The first-order valence-electron chi connectivity index (χ1n) is 11.0. The molecule has 1 atom stereocenters. The van der Waals surface area contributed by atoms with Crippen molar-refractivity contribution in [1.29, 1.82) is 0 Å². The molecule has 9 nitrogen and oxygen atoms in total. The molecule has 0 bridgehead atoms. The van der Waals surface area contributed by atoms with E-state index >= 15 is 0 Å². The van der Waals surface area contributed by atoms with Gasteiger partial charge in [0.25, 0.3) is 0 Å². The molecule has 0 radical (unpaired) electrons. The average Bonchev–Trinajstić information content (AvgIpc) is 2.77. The lowest BCUT2D eigenvalue weighted by atomic mass is 9.85. The number of nitrogens with zero attached hydrogens (tertiary/aromatic N) is 4. The maximum Gasteiger partial charge on any atom is 0.354 e. The number of halogens is 1. The molecule has 1 aromatic carbocycles. The number of benzene rings is 1. The Morgan fingerprint density at radius 3 is 2.66 bits per heavy atom. The standard InChI is InChI=1S/C22H29N7O2.ClH/c23-17-13-28(14-17)18-3-1-15-2-4-19(12-16(15)11-18)29-8-5-20(26-22(29)31)25-21(30)27-9-6-24-7-10-27;/h2,4-5,8,12,17-18,24H,1,3,6-7,9-11,13-14,23H2,(H,25,26,30,31);1H. The van der Waals surface area contributed by atoms with Crippen molar-refractivity contribution in [3.63, 3.8) is 0 Å². The number of nitrogens with two attached hydrogens (primary N) is 1. The van der Waals surface area contributed by atoms with E-state index in [2.05, 4.69) is 32.7 Å². The van der Waals surface area contributed by atoms with Gasteiger partial charge < -0.3 is 16.0 Å². The predicted molar refractivity (Wildman–Crippen MR) is 126 cm³/mol. The lowest BCUT2D eigenvalue weighted by Crippen LogP contribution is -2.60. The van der Waals surface area contributed by atoms with Crippen LogP contribution in [0.1, 0.15) is 17.5 Å². The van der Waals surface area contributed by atoms with Crippen molar-refractivity contribution in [2.24, 2.45) is 5.73 Å². The van der Waals surface area contributed by atoms with E-state index < -0.39 is 5.69 Å². The van der Waals surface area contributed by atoms with Crippen molar-refractivity contribution >= 4 is 24.3 Å². The summed E-state index contributed by atoms with van der Waals surface area (Å²) in [7, 11) is 0. The van der Waals surface area contributed by atoms with Gasteiger partial charge in [0.1, 0.15) is 5.82 Å². The molecule has 1 aromatic heterocycles. The number of rotatable bonds is 3. The minimum Gasteiger partial charge on any atom is -0.325 e. The molecule has 2 saturated heterocycles. The number of amides is 2. The molecule has 1 aliphatic carbocycles. The third-order valence-corrected chi connectivity index (χ3v) is 6.57. The molecule has 0 spiro atoms. The highest BCUT2D eigenvalue weighted by molar-refractivity contribution is 5.88. The number of carbonyl (C=O) groups is 1. The predicted octanol–water partition coefficient (Wildman–Crippen LogP) is 0.592. The summed E-state index contributed by atoms with van der Waals surface area (Å²) in [5, 5.41) is 5.94. The molecule has 2 fully saturated rings. The van der Waals surface area contributed by atoms with Gasteiger partial charge in [-0.2, -0.15) is 4.98 Å². The molecule has 3 aliphatic rings. The fraction of sp³-hybridized carbons (Fsp3) is 0.500. The van der Waals surface area contributed by atoms with E-state index in [1.54, 1.807) is 17.2 Å². The van der Waals surface area contributed by atoms with E-state index in [0.29, 0.717) is 25.2 Å². The molecule has 32 heavy (non-hydrogen) atoms. The number of piperazine rings is 1. The quantitative estimate of drug-likeness (QED) is 0.620. The van der Waals surface area contributed by atoms with E-state index in [-0.39, 0.29) is 24.3 Å². The number of hydrogen-bond donors (Lipinski definition) is 3. The summed E-state index contributed by atoms with van der Waals surface area (Å²) >= 11 is 0. The number of urea groups is 1. The second kappa shape index (κ2) is 9.58. The molecule has 2 aromatic rings. The smallest absolute Gasteiger partial charge is 0.325 e. The van der Waals surface area contributed by atoms with Crippen LogP contribution in [0.5, 0.6) is 0 Å². The van der Waals surface area contributed by atoms with Crippen LogP contribution in [-0.2, 0) is 12.8 Å². The van der Waals surface area contributed by atoms with E-state index in [4.69, 9.17) is 5.73 Å². The van der Waals surface area contributed by atoms with E-state index in [9.17, 15) is 9.59 Å². The van der Waals surface area contributed by atoms with Gasteiger partial charge in [-0.1, -0.05) is 6.07 Å². The summed E-state index contributed by atoms with van der Waals surface area (Å²) in [6, 6.07) is 8.48. The first-order chi connectivity index (χ1) is 15.1. The zero-order valence-electron chi connectivity index (χ0n) is 18.0. The second-order valence-corrected chi connectivity index (χ2v) is 8.70. The summed E-state index contributed by atoms with van der Waals surface area (Å²) in [5.41, 5.74) is 8.99. The fourth-order valence-corrected chi connectivity index (χ4v) is 4.76. The summed E-state index contributed by atoms with van der Waals surface area (Å²) in [5.74, 6) is 0.275. The van der Waals surface area contributed by atoms with Crippen LogP contribution in [0.25, 0.3) is 5.69 Å². The molecule has 10 heteroatoms. The van der Waals surface area contributed by atoms with Gasteiger partial charge in [0.05, 0.1) is 5.69 Å². The summed E-state index contributed by atoms with van der Waals surface area (Å²) in [6.45, 7) is 4.78. The van der Waals surface area contributed by atoms with E-state index in [1.165, 1.54) is 15.7 Å². The Morgan fingerprint density at radius 2 is 1.94 bits per heavy atom. The van der Waals surface area contributed by atoms with Crippen molar-refractivity contribution in [1.82, 2.24) is 24.7 Å². The molecular weight excluding hydrogens is 430 g/mol. The summed E-state index contributed by atoms with van der Waals surface area (Å²) in [6.07, 6.45) is 4.87. The molecule has 172 valence electrons. The van der Waals surface area contributed by atoms with Crippen LogP contribution >= 0.6 is 12.4 Å². The monoisotopic (exact) mass is 459 g/mol. The summed E-state index contributed by atoms with van der Waals surface area (Å²) in [4.78, 5) is 33.3. The number of nitrogens with one attached hydrogen (secondary N) is 2. The van der Waals surface area contributed by atoms with E-state index in [1.807, 2.05) is 6.07 Å². The fourth-order valence-electron chi connectivity index (χ4n) is 4.76. The van der Waals surface area contributed by atoms with Gasteiger partial charge in [-0.05, 0) is 48.6 Å². The number of carbonyl (C=O) groups excluding carboxylic acids is 1. The van der Waals surface area contributed by atoms with Crippen LogP contribution in [0.3, 0.4) is 0 Å². The molecule has 1 unspecified atom stereocenters. The Kier molecular flexibility index (Phi) is 6.80. The zero-order chi connectivity index (χ0) is 21.4. The lowest BCUT2D eigenvalue weighted by molar-refractivity contribution is 0.0853. The van der Waals surface area contributed by atoms with Gasteiger partial charge >= 0.3 is 11.7 Å². The minimum absolute atomic E-state index is 0. The van der Waals surface area contributed by atoms with Crippen molar-refractivity contribution in [2.45, 2.75) is 31.3 Å². The molecule has 2 amide bonds. The Bertz CT molecular complexity index is 1030. The van der Waals surface area contributed by atoms with Crippen LogP contribution < -0.4 is 22.1 Å². The number of hydrogen-bond acceptors (Lipinski definition) is 6. The Hall–Kier alpha value is -2.46. The Labute approximate surface area is 193 Å². The molecule has 2 aliphatic heterocycles. The normalized spacial score (nSPS) is 21.3. The van der Waals surface area contributed by atoms with E-state index in [0.717, 1.165) is 51.1 Å². The van der Waals surface area contributed by atoms with Gasteiger partial charge in [0, 0.05) is 57.5 Å². The summed E-state index contributed by atoms with van der Waals surface area (Å²) < 4.78 is 1.53. The number of likely N-dealkylation sites (tertiary alicyclic amines) is 1. The average molecular weight is 460 g/mol. The first-order valence-corrected chi connectivity index (χ1v) is 11.0. The number of aryl methyl sites for hydroxylation is 1. The number of fused-ring (bicyclic) bond motifs is 1. The third kappa shape index (κ3) is 4.66. The molecule has 5 rings (SSSR count). The largest absolute Gasteiger partial charge is 0.354 e. The first kappa shape index (κ1) is 22.7. The Morgan fingerprint density at radius 1 is 1.16 bits per heavy atom.